The quantitative estimate of drug-likeness (QED) is 0.0952. The topological polar surface area (TPSA) is 168 Å². The third-order valence-electron chi connectivity index (χ3n) is 6.48. The minimum atomic E-state index is -5.94. The first kappa shape index (κ1) is 40.3. The van der Waals surface area contributed by atoms with Crippen molar-refractivity contribution < 1.29 is 97.7 Å². The molecule has 11 nitrogen and oxygen atoms in total. The van der Waals surface area contributed by atoms with Crippen LogP contribution in [0.3, 0.4) is 0 Å². The number of amides is 1. The summed E-state index contributed by atoms with van der Waals surface area (Å²) in [5, 5.41) is 6.23. The molecule has 1 heterocycles. The van der Waals surface area contributed by atoms with Crippen LogP contribution in [-0.4, -0.2) is 93.3 Å². The van der Waals surface area contributed by atoms with Gasteiger partial charge in [0.1, 0.15) is 0 Å². The number of carbonyl (C=O) groups excluding carboxylic acids is 1. The largest absolute Gasteiger partial charge is 1.00 e. The van der Waals surface area contributed by atoms with Crippen molar-refractivity contribution in [2.45, 2.75) is 37.2 Å². The van der Waals surface area contributed by atoms with Gasteiger partial charge in [0.2, 0.25) is 5.91 Å². The first-order valence-electron chi connectivity index (χ1n) is 12.1. The number of rotatable bonds is 15. The predicted octanol–water partition coefficient (Wildman–Crippen LogP) is -5.04. The molecule has 3 N–H and O–H groups in total. The van der Waals surface area contributed by atoms with Gasteiger partial charge in [-0.1, -0.05) is 12.1 Å². The molecule has 17 heteroatoms. The SMILES string of the molecule is O=C(CCCc1ccc(N(CCCl)CCCl)cc1)N1CCN(CCCC(O)(P(=O)([O-])[O-])P(=O)(O)O)CC1.[Na+].[Na+]. The van der Waals surface area contributed by atoms with Crippen LogP contribution in [0.5, 0.6) is 0 Å². The van der Waals surface area contributed by atoms with Crippen LogP contribution in [0.15, 0.2) is 24.3 Å². The molecule has 0 spiro atoms. The number of hydrogen-bond acceptors (Lipinski definition) is 8. The predicted molar refractivity (Wildman–Crippen MR) is 140 cm³/mol. The maximum Gasteiger partial charge on any atom is 1.00 e. The molecular formula is C22H35Cl2N3Na2O8P2. The van der Waals surface area contributed by atoms with E-state index in [9.17, 15) is 28.8 Å². The summed E-state index contributed by atoms with van der Waals surface area (Å²) in [6, 6.07) is 8.15. The van der Waals surface area contributed by atoms with E-state index in [4.69, 9.17) is 33.0 Å². The van der Waals surface area contributed by atoms with Gasteiger partial charge in [-0.15, -0.1) is 23.2 Å². The Morgan fingerprint density at radius 1 is 0.974 bits per heavy atom. The average molecular weight is 648 g/mol. The standard InChI is InChI=1S/C22H37Cl2N3O8P2.2Na/c23-10-13-26(14-11-24)20-7-5-19(6-8-20)3-1-4-21(28)27-17-15-25(16-18-27)12-2-9-22(29,36(30,31)32)37(33,34)35;;/h5-8,29H,1-4,9-18H2,(H2,30,31,32)(H2,33,34,35);;/q;2*+1/p-2. The second-order valence-corrected chi connectivity index (χ2v) is 13.7. The molecule has 1 aromatic rings. The number of anilines is 1. The van der Waals surface area contributed by atoms with Crippen molar-refractivity contribution >= 4 is 50.0 Å². The molecule has 2 rings (SSSR count). The van der Waals surface area contributed by atoms with E-state index in [1.165, 1.54) is 0 Å². The number of alkyl halides is 2. The van der Waals surface area contributed by atoms with Crippen molar-refractivity contribution in [1.82, 2.24) is 9.80 Å². The molecular weight excluding hydrogens is 613 g/mol. The molecule has 1 saturated heterocycles. The third-order valence-corrected chi connectivity index (χ3v) is 10.6. The molecule has 0 saturated carbocycles. The molecule has 1 amide bonds. The van der Waals surface area contributed by atoms with E-state index in [0.717, 1.165) is 17.7 Å². The normalized spacial score (nSPS) is 16.1. The second kappa shape index (κ2) is 18.8. The van der Waals surface area contributed by atoms with Crippen LogP contribution in [0.1, 0.15) is 31.2 Å². The Balaban J connectivity index is 0.00000722. The van der Waals surface area contributed by atoms with Gasteiger partial charge >= 0.3 is 66.7 Å². The van der Waals surface area contributed by atoms with Crippen molar-refractivity contribution in [1.29, 1.82) is 0 Å². The summed E-state index contributed by atoms with van der Waals surface area (Å²) in [4.78, 5) is 59.1. The van der Waals surface area contributed by atoms with Crippen molar-refractivity contribution in [2.24, 2.45) is 0 Å². The molecule has 39 heavy (non-hydrogen) atoms. The number of aliphatic hydroxyl groups is 1. The summed E-state index contributed by atoms with van der Waals surface area (Å²) in [6.45, 7) is 3.59. The number of piperazine rings is 1. The first-order valence-corrected chi connectivity index (χ1v) is 16.3. The molecule has 1 atom stereocenters. The van der Waals surface area contributed by atoms with Crippen LogP contribution in [0.4, 0.5) is 5.69 Å². The van der Waals surface area contributed by atoms with E-state index in [1.54, 1.807) is 4.90 Å². The van der Waals surface area contributed by atoms with Gasteiger partial charge in [-0.2, -0.15) is 0 Å². The molecule has 1 unspecified atom stereocenters. The van der Waals surface area contributed by atoms with Crippen molar-refractivity contribution in [3.63, 3.8) is 0 Å². The van der Waals surface area contributed by atoms with Crippen LogP contribution in [-0.2, 0) is 20.3 Å². The maximum absolute atomic E-state index is 12.6. The van der Waals surface area contributed by atoms with Crippen molar-refractivity contribution in [2.75, 3.05) is 62.5 Å². The van der Waals surface area contributed by atoms with Crippen LogP contribution in [0.25, 0.3) is 0 Å². The molecule has 1 aliphatic heterocycles. The van der Waals surface area contributed by atoms with Crippen LogP contribution < -0.4 is 73.8 Å². The fraction of sp³-hybridized carbons (Fsp3) is 0.682. The zero-order chi connectivity index (χ0) is 27.7. The van der Waals surface area contributed by atoms with Crippen molar-refractivity contribution in [3.05, 3.63) is 29.8 Å². The number of halogens is 2. The van der Waals surface area contributed by atoms with Crippen LogP contribution in [0.2, 0.25) is 0 Å². The molecule has 212 valence electrons. The van der Waals surface area contributed by atoms with E-state index in [-0.39, 0.29) is 78.0 Å². The zero-order valence-electron chi connectivity index (χ0n) is 22.6. The number of nitrogens with zero attached hydrogens (tertiary/aromatic N) is 3. The van der Waals surface area contributed by atoms with Crippen LogP contribution >= 0.6 is 38.4 Å². The summed E-state index contributed by atoms with van der Waals surface area (Å²) >= 11 is 11.7. The summed E-state index contributed by atoms with van der Waals surface area (Å²) in [7, 11) is -11.5. The maximum atomic E-state index is 12.6. The van der Waals surface area contributed by atoms with E-state index in [2.05, 4.69) is 4.90 Å². The second-order valence-electron chi connectivity index (χ2n) is 9.03. The van der Waals surface area contributed by atoms with Gasteiger partial charge in [0.15, 0.2) is 5.08 Å². The van der Waals surface area contributed by atoms with Gasteiger partial charge in [-0.25, -0.2) is 0 Å². The summed E-state index contributed by atoms with van der Waals surface area (Å²) in [5.41, 5.74) is 2.19. The van der Waals surface area contributed by atoms with Gasteiger partial charge < -0.3 is 39.0 Å². The average Bonchev–Trinajstić information content (AvgIpc) is 2.83. The minimum Gasteiger partial charge on any atom is -0.808 e. The van der Waals surface area contributed by atoms with Gasteiger partial charge in [0.05, 0.1) is 0 Å². The fourth-order valence-corrected chi connectivity index (χ4v) is 6.82. The molecule has 0 aromatic heterocycles. The fourth-order valence-electron chi connectivity index (χ4n) is 4.25. The first-order chi connectivity index (χ1) is 17.3. The van der Waals surface area contributed by atoms with Crippen molar-refractivity contribution in [3.8, 4) is 0 Å². The monoisotopic (exact) mass is 647 g/mol. The summed E-state index contributed by atoms with van der Waals surface area (Å²) in [5.74, 6) is 1.07. The molecule has 1 aromatic carbocycles. The Labute approximate surface area is 284 Å². The number of aryl methyl sites for hydroxylation is 1. The van der Waals surface area contributed by atoms with Crippen LogP contribution in [0, 0.1) is 0 Å². The molecule has 0 radical (unpaired) electrons. The Hall–Kier alpha value is 1.29. The van der Waals surface area contributed by atoms with Gasteiger partial charge in [0, 0.05) is 63.1 Å². The van der Waals surface area contributed by atoms with E-state index in [1.807, 2.05) is 29.2 Å². The molecule has 0 aliphatic carbocycles. The Morgan fingerprint density at radius 3 is 1.97 bits per heavy atom. The Kier molecular flexibility index (Phi) is 19.5. The van der Waals surface area contributed by atoms with Gasteiger partial charge in [-0.05, 0) is 57.5 Å². The zero-order valence-corrected chi connectivity index (χ0v) is 29.9. The summed E-state index contributed by atoms with van der Waals surface area (Å²) in [6.07, 6.45) is 0.918. The van der Waals surface area contributed by atoms with E-state index in [0.29, 0.717) is 63.9 Å². The summed E-state index contributed by atoms with van der Waals surface area (Å²) < 4.78 is 22.6. The van der Waals surface area contributed by atoms with E-state index >= 15 is 0 Å². The van der Waals surface area contributed by atoms with Gasteiger partial charge in [-0.3, -0.25) is 14.3 Å². The molecule has 0 bridgehead atoms. The number of carbonyl (C=O) groups is 1. The molecule has 1 fully saturated rings. The smallest absolute Gasteiger partial charge is 0.808 e. The Bertz CT molecular complexity index is 935. The number of benzene rings is 1. The van der Waals surface area contributed by atoms with E-state index < -0.39 is 26.7 Å². The Morgan fingerprint density at radius 2 is 1.51 bits per heavy atom. The minimum absolute atomic E-state index is 0. The van der Waals surface area contributed by atoms with Gasteiger partial charge in [0.25, 0.3) is 0 Å². The molecule has 1 aliphatic rings. The number of hydrogen-bond donors (Lipinski definition) is 3. The third kappa shape index (κ3) is 12.4.